The van der Waals surface area contributed by atoms with Crippen LogP contribution in [0, 0.1) is 20.8 Å². The quantitative estimate of drug-likeness (QED) is 0.782. The molecular weight excluding hydrogens is 348 g/mol. The van der Waals surface area contributed by atoms with E-state index >= 15 is 0 Å². The SMILES string of the molecule is CNS(=O)(=O)c1ccc(CCC(=O)NCc2c(C)cc(C)cc2C)cc1. The molecule has 0 aliphatic heterocycles. The minimum Gasteiger partial charge on any atom is -0.352 e. The molecule has 140 valence electrons. The van der Waals surface area contributed by atoms with Gasteiger partial charge >= 0.3 is 0 Å². The summed E-state index contributed by atoms with van der Waals surface area (Å²) in [5, 5.41) is 2.97. The smallest absolute Gasteiger partial charge is 0.240 e. The molecule has 1 amide bonds. The van der Waals surface area contributed by atoms with E-state index in [0.717, 1.165) is 11.1 Å². The molecule has 0 unspecified atom stereocenters. The molecule has 0 bridgehead atoms. The van der Waals surface area contributed by atoms with Crippen LogP contribution < -0.4 is 10.0 Å². The largest absolute Gasteiger partial charge is 0.352 e. The van der Waals surface area contributed by atoms with Crippen molar-refractivity contribution in [3.8, 4) is 0 Å². The van der Waals surface area contributed by atoms with Gasteiger partial charge in [-0.1, -0.05) is 29.8 Å². The number of rotatable bonds is 7. The van der Waals surface area contributed by atoms with Crippen LogP contribution in [0.15, 0.2) is 41.3 Å². The molecule has 0 atom stereocenters. The molecule has 5 nitrogen and oxygen atoms in total. The summed E-state index contributed by atoms with van der Waals surface area (Å²) in [7, 11) is -2.05. The number of carbonyl (C=O) groups is 1. The molecular formula is C20H26N2O3S. The van der Waals surface area contributed by atoms with E-state index in [0.29, 0.717) is 19.4 Å². The predicted octanol–water partition coefficient (Wildman–Crippen LogP) is 2.77. The second kappa shape index (κ2) is 8.47. The molecule has 0 aromatic heterocycles. The number of benzene rings is 2. The highest BCUT2D eigenvalue weighted by atomic mass is 32.2. The average Bonchev–Trinajstić information content (AvgIpc) is 2.59. The van der Waals surface area contributed by atoms with Gasteiger partial charge in [-0.2, -0.15) is 0 Å². The van der Waals surface area contributed by atoms with Gasteiger partial charge < -0.3 is 5.32 Å². The summed E-state index contributed by atoms with van der Waals surface area (Å²) in [5.74, 6) is -0.0173. The van der Waals surface area contributed by atoms with Crippen molar-refractivity contribution in [2.24, 2.45) is 0 Å². The molecule has 0 spiro atoms. The first-order valence-electron chi connectivity index (χ1n) is 8.59. The van der Waals surface area contributed by atoms with Crippen molar-refractivity contribution >= 4 is 15.9 Å². The van der Waals surface area contributed by atoms with Crippen LogP contribution in [0.2, 0.25) is 0 Å². The van der Waals surface area contributed by atoms with Gasteiger partial charge in [-0.05, 0) is 68.6 Å². The van der Waals surface area contributed by atoms with Gasteiger partial charge in [0.25, 0.3) is 0 Å². The van der Waals surface area contributed by atoms with Crippen LogP contribution in [0.4, 0.5) is 0 Å². The summed E-state index contributed by atoms with van der Waals surface area (Å²) < 4.78 is 25.7. The first kappa shape index (κ1) is 20.1. The van der Waals surface area contributed by atoms with Gasteiger partial charge in [-0.3, -0.25) is 4.79 Å². The molecule has 2 N–H and O–H groups in total. The van der Waals surface area contributed by atoms with Crippen molar-refractivity contribution in [1.82, 2.24) is 10.0 Å². The summed E-state index contributed by atoms with van der Waals surface area (Å²) >= 11 is 0. The Labute approximate surface area is 155 Å². The number of hydrogen-bond acceptors (Lipinski definition) is 3. The van der Waals surface area contributed by atoms with E-state index in [2.05, 4.69) is 42.9 Å². The van der Waals surface area contributed by atoms with Gasteiger partial charge in [0.2, 0.25) is 15.9 Å². The van der Waals surface area contributed by atoms with Crippen molar-refractivity contribution in [3.63, 3.8) is 0 Å². The third-order valence-electron chi connectivity index (χ3n) is 4.45. The Kier molecular flexibility index (Phi) is 6.56. The molecule has 0 radical (unpaired) electrons. The summed E-state index contributed by atoms with van der Waals surface area (Å²) in [6.07, 6.45) is 0.930. The maximum atomic E-state index is 12.1. The predicted molar refractivity (Wildman–Crippen MR) is 104 cm³/mol. The molecule has 2 aromatic carbocycles. The average molecular weight is 375 g/mol. The molecule has 2 aromatic rings. The zero-order chi connectivity index (χ0) is 19.3. The number of carbonyl (C=O) groups excluding carboxylic acids is 1. The van der Waals surface area contributed by atoms with Crippen molar-refractivity contribution < 1.29 is 13.2 Å². The number of amides is 1. The summed E-state index contributed by atoms with van der Waals surface area (Å²) in [6.45, 7) is 6.70. The van der Waals surface area contributed by atoms with E-state index in [9.17, 15) is 13.2 Å². The van der Waals surface area contributed by atoms with Crippen molar-refractivity contribution in [2.75, 3.05) is 7.05 Å². The first-order valence-corrected chi connectivity index (χ1v) is 10.1. The number of hydrogen-bond donors (Lipinski definition) is 2. The van der Waals surface area contributed by atoms with Crippen LogP contribution in [-0.2, 0) is 27.8 Å². The minimum absolute atomic E-state index is 0.0173. The fraction of sp³-hybridized carbons (Fsp3) is 0.350. The Morgan fingerprint density at radius 1 is 1.00 bits per heavy atom. The van der Waals surface area contributed by atoms with E-state index < -0.39 is 10.0 Å². The third-order valence-corrected chi connectivity index (χ3v) is 5.88. The highest BCUT2D eigenvalue weighted by Gasteiger charge is 2.11. The second-order valence-electron chi connectivity index (χ2n) is 6.51. The fourth-order valence-electron chi connectivity index (χ4n) is 2.98. The van der Waals surface area contributed by atoms with Gasteiger partial charge in [-0.15, -0.1) is 0 Å². The lowest BCUT2D eigenvalue weighted by atomic mass is 10.00. The third kappa shape index (κ3) is 5.16. The number of aryl methyl sites for hydroxylation is 4. The second-order valence-corrected chi connectivity index (χ2v) is 8.39. The van der Waals surface area contributed by atoms with E-state index in [-0.39, 0.29) is 10.8 Å². The lowest BCUT2D eigenvalue weighted by Gasteiger charge is -2.12. The van der Waals surface area contributed by atoms with Gasteiger partial charge in [0.05, 0.1) is 4.90 Å². The highest BCUT2D eigenvalue weighted by Crippen LogP contribution is 2.16. The Morgan fingerprint density at radius 2 is 1.58 bits per heavy atom. The number of sulfonamides is 1. The molecule has 0 aliphatic carbocycles. The molecule has 0 saturated heterocycles. The maximum absolute atomic E-state index is 12.1. The molecule has 6 heteroatoms. The molecule has 0 fully saturated rings. The zero-order valence-corrected chi connectivity index (χ0v) is 16.5. The van der Waals surface area contributed by atoms with Crippen molar-refractivity contribution in [2.45, 2.75) is 45.1 Å². The Hall–Kier alpha value is -2.18. The van der Waals surface area contributed by atoms with Crippen LogP contribution in [0.1, 0.15) is 34.2 Å². The lowest BCUT2D eigenvalue weighted by Crippen LogP contribution is -2.24. The maximum Gasteiger partial charge on any atom is 0.240 e. The lowest BCUT2D eigenvalue weighted by molar-refractivity contribution is -0.121. The summed E-state index contributed by atoms with van der Waals surface area (Å²) in [5.41, 5.74) is 5.68. The van der Waals surface area contributed by atoms with Gasteiger partial charge in [0, 0.05) is 13.0 Å². The molecule has 26 heavy (non-hydrogen) atoms. The summed E-state index contributed by atoms with van der Waals surface area (Å²) in [6, 6.07) is 10.8. The molecule has 0 saturated carbocycles. The standard InChI is InChI=1S/C20H26N2O3S/c1-14-11-15(2)19(16(3)12-14)13-22-20(23)10-7-17-5-8-18(9-6-17)26(24,25)21-4/h5-6,8-9,11-12,21H,7,10,13H2,1-4H3,(H,22,23). The minimum atomic E-state index is -3.43. The monoisotopic (exact) mass is 374 g/mol. The number of nitrogens with one attached hydrogen (secondary N) is 2. The topological polar surface area (TPSA) is 75.3 Å². The van der Waals surface area contributed by atoms with Crippen molar-refractivity contribution in [1.29, 1.82) is 0 Å². The van der Waals surface area contributed by atoms with Crippen molar-refractivity contribution in [3.05, 3.63) is 64.2 Å². The zero-order valence-electron chi connectivity index (χ0n) is 15.7. The first-order chi connectivity index (χ1) is 12.2. The van der Waals surface area contributed by atoms with E-state index in [1.807, 2.05) is 0 Å². The molecule has 0 heterocycles. The van der Waals surface area contributed by atoms with E-state index in [1.54, 1.807) is 24.3 Å². The van der Waals surface area contributed by atoms with Gasteiger partial charge in [-0.25, -0.2) is 13.1 Å². The Bertz CT molecular complexity index is 865. The Morgan fingerprint density at radius 3 is 2.12 bits per heavy atom. The van der Waals surface area contributed by atoms with E-state index in [1.165, 1.54) is 23.7 Å². The van der Waals surface area contributed by atoms with Crippen LogP contribution in [-0.4, -0.2) is 21.4 Å². The fourth-order valence-corrected chi connectivity index (χ4v) is 3.71. The van der Waals surface area contributed by atoms with Gasteiger partial charge in [0.15, 0.2) is 0 Å². The van der Waals surface area contributed by atoms with Crippen LogP contribution in [0.25, 0.3) is 0 Å². The van der Waals surface area contributed by atoms with Crippen LogP contribution >= 0.6 is 0 Å². The van der Waals surface area contributed by atoms with E-state index in [4.69, 9.17) is 0 Å². The summed E-state index contributed by atoms with van der Waals surface area (Å²) in [4.78, 5) is 12.4. The van der Waals surface area contributed by atoms with Crippen LogP contribution in [0.3, 0.4) is 0 Å². The van der Waals surface area contributed by atoms with Gasteiger partial charge in [0.1, 0.15) is 0 Å². The highest BCUT2D eigenvalue weighted by molar-refractivity contribution is 7.89. The molecule has 0 aliphatic rings. The molecule has 2 rings (SSSR count). The Balaban J connectivity index is 1.90. The normalized spacial score (nSPS) is 11.4. The van der Waals surface area contributed by atoms with Crippen LogP contribution in [0.5, 0.6) is 0 Å².